The van der Waals surface area contributed by atoms with E-state index in [0.717, 1.165) is 24.1 Å². The van der Waals surface area contributed by atoms with E-state index < -0.39 is 5.91 Å². The molecule has 0 bridgehead atoms. The van der Waals surface area contributed by atoms with Crippen LogP contribution in [0.5, 0.6) is 11.6 Å². The summed E-state index contributed by atoms with van der Waals surface area (Å²) >= 11 is 0. The molecule has 2 N–H and O–H groups in total. The van der Waals surface area contributed by atoms with Crippen LogP contribution in [-0.4, -0.2) is 20.3 Å². The maximum absolute atomic E-state index is 13.4. The molecule has 0 spiro atoms. The van der Waals surface area contributed by atoms with Crippen LogP contribution in [0, 0.1) is 30.0 Å². The third-order valence-electron chi connectivity index (χ3n) is 5.57. The summed E-state index contributed by atoms with van der Waals surface area (Å²) in [6.45, 7) is 1.81. The highest BCUT2D eigenvalue weighted by Crippen LogP contribution is 2.32. The molecule has 1 aliphatic carbocycles. The lowest BCUT2D eigenvalue weighted by Crippen LogP contribution is -2.13. The molecule has 9 heteroatoms. The number of benzene rings is 2. The number of rotatable bonds is 7. The van der Waals surface area contributed by atoms with Gasteiger partial charge in [0.1, 0.15) is 35.1 Å². The van der Waals surface area contributed by atoms with Gasteiger partial charge < -0.3 is 15.4 Å². The van der Waals surface area contributed by atoms with Crippen molar-refractivity contribution in [1.29, 1.82) is 5.26 Å². The largest absolute Gasteiger partial charge is 0.439 e. The maximum atomic E-state index is 13.4. The van der Waals surface area contributed by atoms with Gasteiger partial charge in [-0.15, -0.1) is 0 Å². The van der Waals surface area contributed by atoms with Gasteiger partial charge in [0.2, 0.25) is 5.88 Å². The Bertz CT molecular complexity index is 1500. The van der Waals surface area contributed by atoms with E-state index in [1.807, 2.05) is 13.0 Å². The van der Waals surface area contributed by atoms with E-state index in [0.29, 0.717) is 34.6 Å². The first kappa shape index (κ1) is 22.1. The predicted octanol–water partition coefficient (Wildman–Crippen LogP) is 5.51. The van der Waals surface area contributed by atoms with E-state index in [1.54, 1.807) is 59.5 Å². The summed E-state index contributed by atoms with van der Waals surface area (Å²) in [7, 11) is 0. The summed E-state index contributed by atoms with van der Waals surface area (Å²) in [4.78, 5) is 21.1. The Morgan fingerprint density at radius 2 is 2.11 bits per heavy atom. The second-order valence-corrected chi connectivity index (χ2v) is 8.29. The molecule has 5 rings (SSSR count). The molecule has 1 saturated carbocycles. The molecular weight excluding hydrogens is 447 g/mol. The Morgan fingerprint density at radius 3 is 2.89 bits per heavy atom. The summed E-state index contributed by atoms with van der Waals surface area (Å²) < 4.78 is 21.2. The average molecular weight is 468 g/mol. The molecule has 2 heterocycles. The fraction of sp³-hybridized carbons (Fsp3) is 0.154. The van der Waals surface area contributed by atoms with E-state index in [4.69, 9.17) is 4.74 Å². The number of ether oxygens (including phenoxy) is 1. The van der Waals surface area contributed by atoms with Crippen molar-refractivity contribution < 1.29 is 13.9 Å². The first-order valence-corrected chi connectivity index (χ1v) is 11.1. The summed E-state index contributed by atoms with van der Waals surface area (Å²) in [6.07, 6.45) is 8.54. The number of allylic oxidation sites excluding steroid dienone is 1. The minimum atomic E-state index is -0.443. The summed E-state index contributed by atoms with van der Waals surface area (Å²) in [5.74, 6) is 0.993. The quantitative estimate of drug-likeness (QED) is 0.274. The number of hydrogen-bond donors (Lipinski definition) is 2. The van der Waals surface area contributed by atoms with Gasteiger partial charge >= 0.3 is 0 Å². The molecule has 2 aromatic carbocycles. The Balaban J connectivity index is 1.36. The molecule has 4 aromatic rings. The molecule has 1 aliphatic rings. The number of carbonyl (C=O) groups excluding carboxylic acids is 1. The Kier molecular flexibility index (Phi) is 5.85. The molecule has 0 aliphatic heterocycles. The zero-order valence-electron chi connectivity index (χ0n) is 18.8. The lowest BCUT2D eigenvalue weighted by atomic mass is 10.2. The Morgan fingerprint density at radius 1 is 1.26 bits per heavy atom. The number of amides is 1. The summed E-state index contributed by atoms with van der Waals surface area (Å²) in [5.41, 5.74) is 2.76. The third-order valence-corrected chi connectivity index (χ3v) is 5.57. The minimum absolute atomic E-state index is 0.114. The third kappa shape index (κ3) is 4.96. The number of halogens is 1. The molecule has 174 valence electrons. The van der Waals surface area contributed by atoms with Crippen LogP contribution in [0.25, 0.3) is 5.52 Å². The first-order valence-electron chi connectivity index (χ1n) is 11.1. The number of hydrogen-bond acceptors (Lipinski definition) is 6. The Hall–Kier alpha value is -4.71. The standard InChI is InChI=1S/C26H21FN6O2/c1-16-9-19(27)7-8-22(16)32-25-23-13-29-15-33(23)24(14-30-25)35-21-4-2-3-20(11-21)31-26(34)18(12-28)10-17-5-6-17/h2-4,7-11,13-15,17H,5-6H2,1H3,(H,30,32)(H,31,34)/b18-10+. The van der Waals surface area contributed by atoms with Crippen molar-refractivity contribution >= 4 is 28.6 Å². The van der Waals surface area contributed by atoms with Crippen LogP contribution in [-0.2, 0) is 4.79 Å². The first-order chi connectivity index (χ1) is 17.0. The minimum Gasteiger partial charge on any atom is -0.439 e. The maximum Gasteiger partial charge on any atom is 0.265 e. The monoisotopic (exact) mass is 468 g/mol. The highest BCUT2D eigenvalue weighted by Gasteiger charge is 2.22. The van der Waals surface area contributed by atoms with Gasteiger partial charge in [0, 0.05) is 17.4 Å². The van der Waals surface area contributed by atoms with Crippen LogP contribution in [0.4, 0.5) is 21.6 Å². The van der Waals surface area contributed by atoms with Crippen LogP contribution in [0.15, 0.2) is 72.8 Å². The van der Waals surface area contributed by atoms with Gasteiger partial charge in [-0.1, -0.05) is 12.1 Å². The normalized spacial score (nSPS) is 13.3. The van der Waals surface area contributed by atoms with E-state index >= 15 is 0 Å². The zero-order chi connectivity index (χ0) is 24.4. The van der Waals surface area contributed by atoms with Crippen molar-refractivity contribution in [1.82, 2.24) is 14.4 Å². The number of aryl methyl sites for hydroxylation is 1. The molecular formula is C26H21FN6O2. The number of anilines is 3. The summed E-state index contributed by atoms with van der Waals surface area (Å²) in [6, 6.07) is 13.3. The lowest BCUT2D eigenvalue weighted by Gasteiger charge is -2.13. The molecule has 0 unspecified atom stereocenters. The number of nitrogens with one attached hydrogen (secondary N) is 2. The van der Waals surface area contributed by atoms with Gasteiger partial charge in [0.25, 0.3) is 5.91 Å². The van der Waals surface area contributed by atoms with Crippen LogP contribution >= 0.6 is 0 Å². The number of fused-ring (bicyclic) bond motifs is 1. The second-order valence-electron chi connectivity index (χ2n) is 8.29. The number of carbonyl (C=O) groups is 1. The highest BCUT2D eigenvalue weighted by molar-refractivity contribution is 6.06. The van der Waals surface area contributed by atoms with Crippen molar-refractivity contribution in [2.75, 3.05) is 10.6 Å². The number of aromatic nitrogens is 3. The number of imidazole rings is 1. The zero-order valence-corrected chi connectivity index (χ0v) is 18.8. The molecule has 1 fully saturated rings. The molecule has 2 aromatic heterocycles. The van der Waals surface area contributed by atoms with Gasteiger partial charge in [0.15, 0.2) is 5.82 Å². The van der Waals surface area contributed by atoms with E-state index in [1.165, 1.54) is 12.1 Å². The van der Waals surface area contributed by atoms with Crippen LogP contribution < -0.4 is 15.4 Å². The van der Waals surface area contributed by atoms with Gasteiger partial charge in [-0.05, 0) is 61.6 Å². The topological polar surface area (TPSA) is 104 Å². The highest BCUT2D eigenvalue weighted by atomic mass is 19.1. The molecule has 0 radical (unpaired) electrons. The van der Waals surface area contributed by atoms with Crippen LogP contribution in [0.1, 0.15) is 18.4 Å². The predicted molar refractivity (Wildman–Crippen MR) is 129 cm³/mol. The van der Waals surface area contributed by atoms with E-state index in [9.17, 15) is 14.4 Å². The van der Waals surface area contributed by atoms with Crippen molar-refractivity contribution in [2.24, 2.45) is 5.92 Å². The van der Waals surface area contributed by atoms with Gasteiger partial charge in [-0.25, -0.2) is 14.4 Å². The number of nitriles is 1. The van der Waals surface area contributed by atoms with Crippen molar-refractivity contribution in [2.45, 2.75) is 19.8 Å². The van der Waals surface area contributed by atoms with E-state index in [2.05, 4.69) is 20.6 Å². The molecule has 8 nitrogen and oxygen atoms in total. The van der Waals surface area contributed by atoms with Crippen molar-refractivity contribution in [3.05, 3.63) is 84.2 Å². The van der Waals surface area contributed by atoms with Gasteiger partial charge in [-0.3, -0.25) is 9.20 Å². The molecule has 35 heavy (non-hydrogen) atoms. The lowest BCUT2D eigenvalue weighted by molar-refractivity contribution is -0.112. The molecule has 1 amide bonds. The van der Waals surface area contributed by atoms with E-state index in [-0.39, 0.29) is 11.4 Å². The molecule has 0 saturated heterocycles. The Labute approximate surface area is 200 Å². The molecule has 0 atom stereocenters. The van der Waals surface area contributed by atoms with Crippen molar-refractivity contribution in [3.8, 4) is 17.7 Å². The van der Waals surface area contributed by atoms with Crippen molar-refractivity contribution in [3.63, 3.8) is 0 Å². The van der Waals surface area contributed by atoms with Crippen LogP contribution in [0.2, 0.25) is 0 Å². The SMILES string of the molecule is Cc1cc(F)ccc1Nc1ncc(Oc2cccc(NC(=O)/C(C#N)=C/C3CC3)c2)n2cncc12. The summed E-state index contributed by atoms with van der Waals surface area (Å²) in [5, 5.41) is 15.2. The van der Waals surface area contributed by atoms with Gasteiger partial charge in [-0.2, -0.15) is 5.26 Å². The average Bonchev–Trinajstić information content (AvgIpc) is 3.52. The smallest absolute Gasteiger partial charge is 0.265 e. The fourth-order valence-electron chi connectivity index (χ4n) is 3.58. The van der Waals surface area contributed by atoms with Crippen LogP contribution in [0.3, 0.4) is 0 Å². The fourth-order valence-corrected chi connectivity index (χ4v) is 3.58. The number of nitrogens with zero attached hydrogens (tertiary/aromatic N) is 4. The van der Waals surface area contributed by atoms with Gasteiger partial charge in [0.05, 0.1) is 12.4 Å². The second kappa shape index (κ2) is 9.27.